The van der Waals surface area contributed by atoms with Crippen molar-refractivity contribution in [3.8, 4) is 5.75 Å². The molecule has 0 saturated heterocycles. The van der Waals surface area contributed by atoms with Crippen LogP contribution in [0.3, 0.4) is 0 Å². The summed E-state index contributed by atoms with van der Waals surface area (Å²) in [5.74, 6) is 1.36. The van der Waals surface area contributed by atoms with E-state index in [2.05, 4.69) is 15.9 Å². The van der Waals surface area contributed by atoms with Gasteiger partial charge in [-0.25, -0.2) is 0 Å². The highest BCUT2D eigenvalue weighted by Gasteiger charge is 2.08. The van der Waals surface area contributed by atoms with Crippen LogP contribution in [0.25, 0.3) is 6.08 Å². The van der Waals surface area contributed by atoms with Gasteiger partial charge in [0.25, 0.3) is 0 Å². The minimum Gasteiger partial charge on any atom is -0.496 e. The lowest BCUT2D eigenvalue weighted by Crippen LogP contribution is -2.23. The molecule has 0 aliphatic heterocycles. The van der Waals surface area contributed by atoms with E-state index in [9.17, 15) is 4.79 Å². The number of carbonyl (C=O) groups excluding carboxylic acids is 1. The van der Waals surface area contributed by atoms with E-state index < -0.39 is 0 Å². The fourth-order valence-corrected chi connectivity index (χ4v) is 2.22. The standard InChI is InChI=1S/C16H16BrNO3/c1-18(11-14-4-3-9-21-14)16(19)8-5-12-10-13(17)6-7-15(12)20-2/h3-10H,11H2,1-2H3/b8-5+. The number of likely N-dealkylation sites (N-methyl/N-ethyl adjacent to an activating group) is 1. The molecule has 2 rings (SSSR count). The van der Waals surface area contributed by atoms with Crippen LogP contribution < -0.4 is 4.74 Å². The number of halogens is 1. The fraction of sp³-hybridized carbons (Fsp3) is 0.188. The van der Waals surface area contributed by atoms with Gasteiger partial charge < -0.3 is 14.1 Å². The molecule has 0 saturated carbocycles. The predicted molar refractivity (Wildman–Crippen MR) is 84.9 cm³/mol. The maximum atomic E-state index is 12.1. The summed E-state index contributed by atoms with van der Waals surface area (Å²) in [7, 11) is 3.33. The highest BCUT2D eigenvalue weighted by atomic mass is 79.9. The highest BCUT2D eigenvalue weighted by Crippen LogP contribution is 2.24. The third kappa shape index (κ3) is 4.23. The monoisotopic (exact) mass is 349 g/mol. The number of carbonyl (C=O) groups is 1. The number of hydrogen-bond donors (Lipinski definition) is 0. The predicted octanol–water partition coefficient (Wildman–Crippen LogP) is 3.72. The van der Waals surface area contributed by atoms with E-state index >= 15 is 0 Å². The van der Waals surface area contributed by atoms with Crippen molar-refractivity contribution in [3.63, 3.8) is 0 Å². The largest absolute Gasteiger partial charge is 0.496 e. The number of ether oxygens (including phenoxy) is 1. The van der Waals surface area contributed by atoms with Gasteiger partial charge in [-0.15, -0.1) is 0 Å². The van der Waals surface area contributed by atoms with E-state index in [1.54, 1.807) is 37.5 Å². The quantitative estimate of drug-likeness (QED) is 0.772. The van der Waals surface area contributed by atoms with E-state index in [4.69, 9.17) is 9.15 Å². The molecule has 1 aromatic heterocycles. The van der Waals surface area contributed by atoms with Gasteiger partial charge in [0.1, 0.15) is 11.5 Å². The van der Waals surface area contributed by atoms with Crippen LogP contribution in [0, 0.1) is 0 Å². The Morgan fingerprint density at radius 2 is 2.24 bits per heavy atom. The molecular formula is C16H16BrNO3. The number of amides is 1. The Morgan fingerprint density at radius 1 is 1.43 bits per heavy atom. The van der Waals surface area contributed by atoms with E-state index in [0.29, 0.717) is 6.54 Å². The van der Waals surface area contributed by atoms with Gasteiger partial charge in [0.05, 0.1) is 19.9 Å². The zero-order valence-corrected chi connectivity index (χ0v) is 13.5. The molecule has 110 valence electrons. The molecule has 0 unspecified atom stereocenters. The van der Waals surface area contributed by atoms with E-state index in [1.807, 2.05) is 24.3 Å². The van der Waals surface area contributed by atoms with Gasteiger partial charge >= 0.3 is 0 Å². The Morgan fingerprint density at radius 3 is 2.90 bits per heavy atom. The molecule has 0 atom stereocenters. The summed E-state index contributed by atoms with van der Waals surface area (Å²) in [5, 5.41) is 0. The molecule has 0 spiro atoms. The zero-order valence-electron chi connectivity index (χ0n) is 11.9. The average Bonchev–Trinajstić information content (AvgIpc) is 2.97. The maximum absolute atomic E-state index is 12.1. The number of benzene rings is 1. The minimum atomic E-state index is -0.103. The van der Waals surface area contributed by atoms with Crippen molar-refractivity contribution in [3.05, 3.63) is 58.5 Å². The summed E-state index contributed by atoms with van der Waals surface area (Å²) >= 11 is 3.40. The Bertz CT molecular complexity index is 635. The van der Waals surface area contributed by atoms with Gasteiger partial charge in [-0.1, -0.05) is 15.9 Å². The topological polar surface area (TPSA) is 42.7 Å². The molecular weight excluding hydrogens is 334 g/mol. The van der Waals surface area contributed by atoms with Crippen molar-refractivity contribution in [2.24, 2.45) is 0 Å². The minimum absolute atomic E-state index is 0.103. The van der Waals surface area contributed by atoms with Crippen molar-refractivity contribution >= 4 is 27.9 Å². The van der Waals surface area contributed by atoms with Crippen LogP contribution in [0.2, 0.25) is 0 Å². The third-order valence-electron chi connectivity index (χ3n) is 2.95. The lowest BCUT2D eigenvalue weighted by Gasteiger charge is -2.13. The lowest BCUT2D eigenvalue weighted by molar-refractivity contribution is -0.125. The molecule has 0 aliphatic carbocycles. The molecule has 5 heteroatoms. The number of rotatable bonds is 5. The van der Waals surface area contributed by atoms with Crippen LogP contribution in [0.1, 0.15) is 11.3 Å². The molecule has 4 nitrogen and oxygen atoms in total. The first-order valence-electron chi connectivity index (χ1n) is 6.39. The van der Waals surface area contributed by atoms with Gasteiger partial charge in [-0.2, -0.15) is 0 Å². The second-order valence-corrected chi connectivity index (χ2v) is 5.41. The van der Waals surface area contributed by atoms with E-state index in [1.165, 1.54) is 6.08 Å². The van der Waals surface area contributed by atoms with Crippen molar-refractivity contribution in [1.29, 1.82) is 0 Å². The van der Waals surface area contributed by atoms with Gasteiger partial charge in [0, 0.05) is 23.2 Å². The molecule has 0 bridgehead atoms. The molecule has 1 aromatic carbocycles. The van der Waals surface area contributed by atoms with Crippen LogP contribution in [0.5, 0.6) is 5.75 Å². The third-order valence-corrected chi connectivity index (χ3v) is 3.44. The summed E-state index contributed by atoms with van der Waals surface area (Å²) in [5.41, 5.74) is 0.839. The molecule has 21 heavy (non-hydrogen) atoms. The summed E-state index contributed by atoms with van der Waals surface area (Å²) in [6.07, 6.45) is 4.85. The second-order valence-electron chi connectivity index (χ2n) is 4.49. The van der Waals surface area contributed by atoms with E-state index in [0.717, 1.165) is 21.5 Å². The maximum Gasteiger partial charge on any atom is 0.246 e. The first kappa shape index (κ1) is 15.4. The molecule has 0 radical (unpaired) electrons. The fourth-order valence-electron chi connectivity index (χ4n) is 1.84. The van der Waals surface area contributed by atoms with Gasteiger partial charge in [0.15, 0.2) is 0 Å². The number of hydrogen-bond acceptors (Lipinski definition) is 3. The molecule has 0 N–H and O–H groups in total. The molecule has 0 aliphatic rings. The highest BCUT2D eigenvalue weighted by molar-refractivity contribution is 9.10. The number of methoxy groups -OCH3 is 1. The summed E-state index contributed by atoms with van der Waals surface area (Å²) in [6, 6.07) is 9.28. The van der Waals surface area contributed by atoms with Crippen LogP contribution >= 0.6 is 15.9 Å². The Labute approximate surface area is 132 Å². The van der Waals surface area contributed by atoms with E-state index in [-0.39, 0.29) is 5.91 Å². The normalized spacial score (nSPS) is 10.8. The van der Waals surface area contributed by atoms with Crippen LogP contribution in [0.4, 0.5) is 0 Å². The van der Waals surface area contributed by atoms with Crippen LogP contribution in [-0.4, -0.2) is 25.0 Å². The number of nitrogens with zero attached hydrogens (tertiary/aromatic N) is 1. The van der Waals surface area contributed by atoms with Crippen LogP contribution in [0.15, 0.2) is 51.6 Å². The van der Waals surface area contributed by atoms with Crippen molar-refractivity contribution in [2.75, 3.05) is 14.2 Å². The molecule has 0 fully saturated rings. The lowest BCUT2D eigenvalue weighted by atomic mass is 10.2. The van der Waals surface area contributed by atoms with Gasteiger partial charge in [-0.3, -0.25) is 4.79 Å². The van der Waals surface area contributed by atoms with Crippen molar-refractivity contribution < 1.29 is 13.9 Å². The molecule has 1 amide bonds. The molecule has 1 heterocycles. The smallest absolute Gasteiger partial charge is 0.246 e. The first-order valence-corrected chi connectivity index (χ1v) is 7.18. The Kier molecular flexibility index (Phi) is 5.22. The van der Waals surface area contributed by atoms with Gasteiger partial charge in [0.2, 0.25) is 5.91 Å². The first-order chi connectivity index (χ1) is 10.1. The van der Waals surface area contributed by atoms with Crippen LogP contribution in [-0.2, 0) is 11.3 Å². The molecule has 2 aromatic rings. The summed E-state index contributed by atoms with van der Waals surface area (Å²) in [6.45, 7) is 0.436. The average molecular weight is 350 g/mol. The van der Waals surface area contributed by atoms with Crippen molar-refractivity contribution in [1.82, 2.24) is 4.90 Å². The summed E-state index contributed by atoms with van der Waals surface area (Å²) in [4.78, 5) is 13.7. The summed E-state index contributed by atoms with van der Waals surface area (Å²) < 4.78 is 11.4. The zero-order chi connectivity index (χ0) is 15.2. The Balaban J connectivity index is 2.06. The number of furan rings is 1. The Hall–Kier alpha value is -2.01. The second kappa shape index (κ2) is 7.13. The SMILES string of the molecule is COc1ccc(Br)cc1/C=C/C(=O)N(C)Cc1ccco1. The van der Waals surface area contributed by atoms with Crippen molar-refractivity contribution in [2.45, 2.75) is 6.54 Å². The van der Waals surface area contributed by atoms with Gasteiger partial charge in [-0.05, 0) is 36.4 Å².